The molecule has 2 N–H and O–H groups in total. The predicted octanol–water partition coefficient (Wildman–Crippen LogP) is 3.70. The first-order valence-corrected chi connectivity index (χ1v) is 11.3. The highest BCUT2D eigenvalue weighted by atomic mass is 19.3. The maximum Gasteiger partial charge on any atom is 0.298 e. The van der Waals surface area contributed by atoms with Gasteiger partial charge < -0.3 is 20.2 Å². The minimum absolute atomic E-state index is 0.0380. The molecule has 4 rings (SSSR count). The number of aryl methyl sites for hydroxylation is 1. The second kappa shape index (κ2) is 9.71. The zero-order valence-corrected chi connectivity index (χ0v) is 19.5. The molecule has 0 radical (unpaired) electrons. The third-order valence-electron chi connectivity index (χ3n) is 6.45. The molecule has 3 aromatic rings. The number of benzene rings is 1. The molecular formula is C24H29F3N6O. The second-order valence-electron chi connectivity index (χ2n) is 8.90. The topological polar surface area (TPSA) is 77.4 Å². The van der Waals surface area contributed by atoms with Crippen LogP contribution in [0, 0.1) is 12.7 Å². The number of pyridine rings is 1. The maximum atomic E-state index is 14.7. The van der Waals surface area contributed by atoms with Gasteiger partial charge in [0.05, 0.1) is 28.7 Å². The highest BCUT2D eigenvalue weighted by molar-refractivity contribution is 5.92. The number of aliphatic hydroxyl groups excluding tert-OH is 1. The van der Waals surface area contributed by atoms with Gasteiger partial charge in [0.1, 0.15) is 12.4 Å². The van der Waals surface area contributed by atoms with Crippen molar-refractivity contribution in [2.75, 3.05) is 44.0 Å². The zero-order chi connectivity index (χ0) is 24.5. The summed E-state index contributed by atoms with van der Waals surface area (Å²) in [4.78, 5) is 9.14. The van der Waals surface area contributed by atoms with Crippen molar-refractivity contribution in [2.45, 2.75) is 38.3 Å². The van der Waals surface area contributed by atoms with Gasteiger partial charge in [-0.05, 0) is 46.0 Å². The zero-order valence-electron chi connectivity index (χ0n) is 19.5. The van der Waals surface area contributed by atoms with Gasteiger partial charge in [-0.15, -0.1) is 5.10 Å². The third kappa shape index (κ3) is 4.78. The summed E-state index contributed by atoms with van der Waals surface area (Å²) in [5, 5.41) is 21.1. The average molecular weight is 475 g/mol. The molecule has 2 aromatic heterocycles. The van der Waals surface area contributed by atoms with Crippen LogP contribution >= 0.6 is 0 Å². The van der Waals surface area contributed by atoms with Crippen LogP contribution in [-0.2, 0) is 12.5 Å². The van der Waals surface area contributed by atoms with Crippen LogP contribution in [0.3, 0.4) is 0 Å². The number of aliphatic hydroxyl groups is 1. The first kappa shape index (κ1) is 24.2. The summed E-state index contributed by atoms with van der Waals surface area (Å²) in [6.07, 6.45) is 3.94. The normalized spacial score (nSPS) is 15.4. The fourth-order valence-corrected chi connectivity index (χ4v) is 4.36. The SMILES string of the molecule is Cc1nnc(NCc2cccc(C(F)(F)CO)c2F)c2cc(N3CCC(N(C)C)CC3)cnc12. The van der Waals surface area contributed by atoms with E-state index < -0.39 is 23.9 Å². The smallest absolute Gasteiger partial charge is 0.298 e. The summed E-state index contributed by atoms with van der Waals surface area (Å²) in [6, 6.07) is 6.29. The molecule has 182 valence electrons. The highest BCUT2D eigenvalue weighted by Crippen LogP contribution is 2.32. The summed E-state index contributed by atoms with van der Waals surface area (Å²) in [5.41, 5.74) is 1.51. The van der Waals surface area contributed by atoms with Crippen molar-refractivity contribution in [3.05, 3.63) is 53.1 Å². The molecule has 1 aliphatic heterocycles. The molecule has 1 fully saturated rings. The molecule has 1 aliphatic rings. The lowest BCUT2D eigenvalue weighted by molar-refractivity contribution is -0.0583. The van der Waals surface area contributed by atoms with E-state index >= 15 is 0 Å². The van der Waals surface area contributed by atoms with Gasteiger partial charge in [-0.25, -0.2) is 4.39 Å². The van der Waals surface area contributed by atoms with E-state index in [0.717, 1.165) is 43.1 Å². The van der Waals surface area contributed by atoms with Crippen LogP contribution in [0.15, 0.2) is 30.5 Å². The molecule has 0 aliphatic carbocycles. The molecule has 10 heteroatoms. The lowest BCUT2D eigenvalue weighted by atomic mass is 10.0. The number of nitrogens with zero attached hydrogens (tertiary/aromatic N) is 5. The van der Waals surface area contributed by atoms with Gasteiger partial charge >= 0.3 is 0 Å². The summed E-state index contributed by atoms with van der Waals surface area (Å²) in [5.74, 6) is -4.31. The first-order chi connectivity index (χ1) is 16.2. The summed E-state index contributed by atoms with van der Waals surface area (Å²) >= 11 is 0. The van der Waals surface area contributed by atoms with Crippen LogP contribution in [0.25, 0.3) is 10.9 Å². The number of hydrogen-bond donors (Lipinski definition) is 2. The van der Waals surface area contributed by atoms with Crippen LogP contribution < -0.4 is 10.2 Å². The summed E-state index contributed by atoms with van der Waals surface area (Å²) in [7, 11) is 4.20. The van der Waals surface area contributed by atoms with Crippen LogP contribution in [0.2, 0.25) is 0 Å². The first-order valence-electron chi connectivity index (χ1n) is 11.3. The monoisotopic (exact) mass is 474 g/mol. The molecular weight excluding hydrogens is 445 g/mol. The average Bonchev–Trinajstić information content (AvgIpc) is 2.84. The second-order valence-corrected chi connectivity index (χ2v) is 8.90. The Morgan fingerprint density at radius 2 is 1.94 bits per heavy atom. The van der Waals surface area contributed by atoms with Crippen LogP contribution in [0.1, 0.15) is 29.7 Å². The number of alkyl halides is 2. The molecule has 0 amide bonds. The van der Waals surface area contributed by atoms with Crippen molar-refractivity contribution < 1.29 is 18.3 Å². The minimum Gasteiger partial charge on any atom is -0.390 e. The maximum absolute atomic E-state index is 14.7. The van der Waals surface area contributed by atoms with Crippen molar-refractivity contribution in [3.8, 4) is 0 Å². The van der Waals surface area contributed by atoms with Gasteiger partial charge in [0.25, 0.3) is 5.92 Å². The van der Waals surface area contributed by atoms with Crippen molar-refractivity contribution in [1.82, 2.24) is 20.1 Å². The fraction of sp³-hybridized carbons (Fsp3) is 0.458. The van der Waals surface area contributed by atoms with E-state index in [1.165, 1.54) is 12.1 Å². The minimum atomic E-state index is -3.66. The molecule has 0 bridgehead atoms. The summed E-state index contributed by atoms with van der Waals surface area (Å²) in [6.45, 7) is 2.09. The number of nitrogens with one attached hydrogen (secondary N) is 1. The molecule has 1 aromatic carbocycles. The van der Waals surface area contributed by atoms with Gasteiger partial charge in [-0.1, -0.05) is 12.1 Å². The standard InChI is InChI=1S/C24H29F3N6O/c1-15-22-19(11-18(13-28-22)33-9-7-17(8-10-33)32(2)3)23(31-30-15)29-12-16-5-4-6-20(21(16)25)24(26,27)14-34/h4-6,11,13,17,34H,7-10,12,14H2,1-3H3,(H,29,31). The Labute approximate surface area is 196 Å². The third-order valence-corrected chi connectivity index (χ3v) is 6.45. The summed E-state index contributed by atoms with van der Waals surface area (Å²) < 4.78 is 42.5. The van der Waals surface area contributed by atoms with E-state index in [-0.39, 0.29) is 12.1 Å². The number of aromatic nitrogens is 3. The molecule has 0 atom stereocenters. The Bertz CT molecular complexity index is 1160. The molecule has 34 heavy (non-hydrogen) atoms. The number of halogens is 3. The lowest BCUT2D eigenvalue weighted by Crippen LogP contribution is -2.42. The Morgan fingerprint density at radius 3 is 2.62 bits per heavy atom. The van der Waals surface area contributed by atoms with E-state index in [4.69, 9.17) is 5.11 Å². The van der Waals surface area contributed by atoms with E-state index in [1.54, 1.807) is 0 Å². The quantitative estimate of drug-likeness (QED) is 0.541. The van der Waals surface area contributed by atoms with Crippen LogP contribution in [0.4, 0.5) is 24.7 Å². The number of piperidine rings is 1. The molecule has 1 saturated heterocycles. The molecule has 7 nitrogen and oxygen atoms in total. The molecule has 0 unspecified atom stereocenters. The van der Waals surface area contributed by atoms with Gasteiger partial charge in [0.2, 0.25) is 0 Å². The Hall–Kier alpha value is -2.98. The molecule has 3 heterocycles. The van der Waals surface area contributed by atoms with E-state index in [0.29, 0.717) is 23.1 Å². The Kier molecular flexibility index (Phi) is 6.90. The van der Waals surface area contributed by atoms with Crippen molar-refractivity contribution in [3.63, 3.8) is 0 Å². The highest BCUT2D eigenvalue weighted by Gasteiger charge is 2.34. The van der Waals surface area contributed by atoms with Gasteiger partial charge in [-0.2, -0.15) is 13.9 Å². The van der Waals surface area contributed by atoms with Crippen molar-refractivity contribution in [2.24, 2.45) is 0 Å². The van der Waals surface area contributed by atoms with Gasteiger partial charge in [0, 0.05) is 36.6 Å². The molecule has 0 saturated carbocycles. The fourth-order valence-electron chi connectivity index (χ4n) is 4.36. The lowest BCUT2D eigenvalue weighted by Gasteiger charge is -2.36. The molecule has 0 spiro atoms. The van der Waals surface area contributed by atoms with E-state index in [1.807, 2.05) is 19.2 Å². The van der Waals surface area contributed by atoms with Gasteiger partial charge in [0.15, 0.2) is 5.82 Å². The Morgan fingerprint density at radius 1 is 1.21 bits per heavy atom. The van der Waals surface area contributed by atoms with Crippen molar-refractivity contribution >= 4 is 22.4 Å². The van der Waals surface area contributed by atoms with E-state index in [2.05, 4.69) is 44.4 Å². The van der Waals surface area contributed by atoms with Gasteiger partial charge in [-0.3, -0.25) is 4.98 Å². The number of rotatable bonds is 7. The van der Waals surface area contributed by atoms with E-state index in [9.17, 15) is 13.2 Å². The number of hydrogen-bond acceptors (Lipinski definition) is 7. The van der Waals surface area contributed by atoms with Crippen molar-refractivity contribution in [1.29, 1.82) is 0 Å². The predicted molar refractivity (Wildman–Crippen MR) is 126 cm³/mol. The van der Waals surface area contributed by atoms with Crippen LogP contribution in [0.5, 0.6) is 0 Å². The number of fused-ring (bicyclic) bond motifs is 1. The number of anilines is 2. The van der Waals surface area contributed by atoms with Crippen LogP contribution in [-0.4, -0.2) is 65.0 Å². The Balaban J connectivity index is 1.60. The largest absolute Gasteiger partial charge is 0.390 e.